The Balaban J connectivity index is 1.75. The van der Waals surface area contributed by atoms with E-state index >= 15 is 0 Å². The van der Waals surface area contributed by atoms with Gasteiger partial charge in [0.25, 0.3) is 5.88 Å². The van der Waals surface area contributed by atoms with Gasteiger partial charge in [-0.3, -0.25) is 4.79 Å². The molecule has 0 aromatic carbocycles. The lowest BCUT2D eigenvalue weighted by atomic mass is 9.73. The van der Waals surface area contributed by atoms with Crippen molar-refractivity contribution in [2.24, 2.45) is 5.41 Å². The van der Waals surface area contributed by atoms with Crippen molar-refractivity contribution in [3.8, 4) is 5.88 Å². The van der Waals surface area contributed by atoms with Crippen LogP contribution in [0.25, 0.3) is 0 Å². The second kappa shape index (κ2) is 7.34. The summed E-state index contributed by atoms with van der Waals surface area (Å²) in [5, 5.41) is 0. The molecule has 1 aromatic heterocycles. The average molecular weight is 334 g/mol. The van der Waals surface area contributed by atoms with Crippen molar-refractivity contribution < 1.29 is 14.3 Å². The van der Waals surface area contributed by atoms with Crippen LogP contribution >= 0.6 is 0 Å². The number of amides is 1. The molecule has 3 heterocycles. The van der Waals surface area contributed by atoms with Gasteiger partial charge in [-0.2, -0.15) is 0 Å². The number of carbonyl (C=O) groups is 1. The van der Waals surface area contributed by atoms with Crippen LogP contribution < -0.4 is 9.64 Å². The summed E-state index contributed by atoms with van der Waals surface area (Å²) < 4.78 is 10.5. The Hall–Kier alpha value is -1.89. The third-order valence-electron chi connectivity index (χ3n) is 5.11. The lowest BCUT2D eigenvalue weighted by Gasteiger charge is -2.48. The van der Waals surface area contributed by atoms with Crippen molar-refractivity contribution in [2.75, 3.05) is 51.9 Å². The number of anilines is 1. The number of likely N-dealkylation sites (tertiary alicyclic amines) is 1. The number of piperidine rings is 2. The molecule has 1 amide bonds. The first-order chi connectivity index (χ1) is 11.7. The minimum Gasteiger partial charge on any atom is -0.478 e. The molecule has 0 bridgehead atoms. The van der Waals surface area contributed by atoms with Crippen LogP contribution in [-0.2, 0) is 9.53 Å². The van der Waals surface area contributed by atoms with Crippen molar-refractivity contribution in [2.45, 2.75) is 25.7 Å². The van der Waals surface area contributed by atoms with Crippen molar-refractivity contribution in [3.05, 3.63) is 12.4 Å². The van der Waals surface area contributed by atoms with E-state index in [-0.39, 0.29) is 11.3 Å². The molecule has 2 aliphatic rings. The van der Waals surface area contributed by atoms with Gasteiger partial charge in [-0.1, -0.05) is 0 Å². The molecule has 2 aliphatic heterocycles. The molecular formula is C17H26N4O3. The second-order valence-electron chi connectivity index (χ2n) is 6.72. The molecule has 0 N–H and O–H groups in total. The molecule has 1 spiro atoms. The first-order valence-corrected chi connectivity index (χ1v) is 8.54. The van der Waals surface area contributed by atoms with Gasteiger partial charge < -0.3 is 19.3 Å². The maximum Gasteiger partial charge on any atom is 0.257 e. The van der Waals surface area contributed by atoms with Gasteiger partial charge in [0.1, 0.15) is 0 Å². The summed E-state index contributed by atoms with van der Waals surface area (Å²) >= 11 is 0. The number of aromatic nitrogens is 2. The summed E-state index contributed by atoms with van der Waals surface area (Å²) in [5.41, 5.74) is 0.127. The number of hydrogen-bond donors (Lipinski definition) is 0. The zero-order chi connectivity index (χ0) is 17.0. The van der Waals surface area contributed by atoms with Crippen LogP contribution in [0, 0.1) is 5.41 Å². The van der Waals surface area contributed by atoms with Crippen LogP contribution in [0.1, 0.15) is 25.7 Å². The van der Waals surface area contributed by atoms with E-state index < -0.39 is 0 Å². The Morgan fingerprint density at radius 1 is 1.21 bits per heavy atom. The third kappa shape index (κ3) is 3.45. The molecule has 7 heteroatoms. The molecule has 132 valence electrons. The highest BCUT2D eigenvalue weighted by molar-refractivity contribution is 5.77. The normalized spacial score (nSPS) is 24.5. The third-order valence-corrected chi connectivity index (χ3v) is 5.11. The lowest BCUT2D eigenvalue weighted by molar-refractivity contribution is -0.138. The SMILES string of the molecule is COCCN1C[C@@]2(CCCN(c3nccnc3OC)C2)CCC1=O. The monoisotopic (exact) mass is 334 g/mol. The smallest absolute Gasteiger partial charge is 0.257 e. The molecule has 0 aliphatic carbocycles. The van der Waals surface area contributed by atoms with E-state index in [1.54, 1.807) is 26.6 Å². The molecule has 0 saturated carbocycles. The van der Waals surface area contributed by atoms with Crippen LogP contribution in [0.4, 0.5) is 5.82 Å². The van der Waals surface area contributed by atoms with Gasteiger partial charge in [0, 0.05) is 57.5 Å². The largest absolute Gasteiger partial charge is 0.478 e. The number of hydrogen-bond acceptors (Lipinski definition) is 6. The van der Waals surface area contributed by atoms with Crippen LogP contribution in [0.2, 0.25) is 0 Å². The number of ether oxygens (including phenoxy) is 2. The minimum absolute atomic E-state index is 0.127. The average Bonchev–Trinajstić information content (AvgIpc) is 2.63. The Morgan fingerprint density at radius 3 is 2.83 bits per heavy atom. The fourth-order valence-corrected chi connectivity index (χ4v) is 3.91. The summed E-state index contributed by atoms with van der Waals surface area (Å²) in [6, 6.07) is 0. The summed E-state index contributed by atoms with van der Waals surface area (Å²) in [6.45, 7) is 3.89. The van der Waals surface area contributed by atoms with Crippen LogP contribution in [0.15, 0.2) is 12.4 Å². The zero-order valence-corrected chi connectivity index (χ0v) is 14.5. The molecule has 24 heavy (non-hydrogen) atoms. The highest BCUT2D eigenvalue weighted by Crippen LogP contribution is 2.40. The Labute approximate surface area is 143 Å². The van der Waals surface area contributed by atoms with Crippen molar-refractivity contribution >= 4 is 11.7 Å². The molecule has 1 atom stereocenters. The summed E-state index contributed by atoms with van der Waals surface area (Å²) in [7, 11) is 3.30. The number of rotatable bonds is 5. The highest BCUT2D eigenvalue weighted by Gasteiger charge is 2.42. The summed E-state index contributed by atoms with van der Waals surface area (Å²) in [6.07, 6.45) is 7.14. The number of nitrogens with zero attached hydrogens (tertiary/aromatic N) is 4. The highest BCUT2D eigenvalue weighted by atomic mass is 16.5. The Kier molecular flexibility index (Phi) is 5.18. The fraction of sp³-hybridized carbons (Fsp3) is 0.706. The minimum atomic E-state index is 0.127. The van der Waals surface area contributed by atoms with Crippen molar-refractivity contribution in [3.63, 3.8) is 0 Å². The Bertz CT molecular complexity index is 583. The molecule has 0 radical (unpaired) electrons. The summed E-state index contributed by atoms with van der Waals surface area (Å²) in [5.74, 6) is 1.61. The predicted octanol–water partition coefficient (Wildman–Crippen LogP) is 1.34. The van der Waals surface area contributed by atoms with Crippen LogP contribution in [0.3, 0.4) is 0 Å². The zero-order valence-electron chi connectivity index (χ0n) is 14.5. The van der Waals surface area contributed by atoms with E-state index in [9.17, 15) is 4.79 Å². The molecule has 2 saturated heterocycles. The number of carbonyl (C=O) groups excluding carboxylic acids is 1. The van der Waals surface area contributed by atoms with Gasteiger partial charge in [0.05, 0.1) is 13.7 Å². The van der Waals surface area contributed by atoms with E-state index in [0.29, 0.717) is 25.5 Å². The van der Waals surface area contributed by atoms with Gasteiger partial charge in [-0.15, -0.1) is 0 Å². The van der Waals surface area contributed by atoms with Gasteiger partial charge in [0.15, 0.2) is 5.82 Å². The van der Waals surface area contributed by atoms with E-state index in [1.807, 2.05) is 4.90 Å². The standard InChI is InChI=1S/C17H26N4O3/c1-23-11-10-20-12-17(6-4-14(20)22)5-3-9-21(13-17)15-16(24-2)19-8-7-18-15/h7-8H,3-6,9-13H2,1-2H3/t17-/m1/s1. The molecule has 1 aromatic rings. The van der Waals surface area contributed by atoms with Gasteiger partial charge in [0.2, 0.25) is 5.91 Å². The van der Waals surface area contributed by atoms with Crippen LogP contribution in [-0.4, -0.2) is 67.8 Å². The van der Waals surface area contributed by atoms with Gasteiger partial charge in [-0.25, -0.2) is 9.97 Å². The molecule has 0 unspecified atom stereocenters. The van der Waals surface area contributed by atoms with Crippen molar-refractivity contribution in [1.82, 2.24) is 14.9 Å². The van der Waals surface area contributed by atoms with E-state index in [2.05, 4.69) is 14.9 Å². The van der Waals surface area contributed by atoms with Gasteiger partial charge >= 0.3 is 0 Å². The molecule has 2 fully saturated rings. The van der Waals surface area contributed by atoms with E-state index in [1.165, 1.54) is 0 Å². The first-order valence-electron chi connectivity index (χ1n) is 8.54. The fourth-order valence-electron chi connectivity index (χ4n) is 3.91. The summed E-state index contributed by atoms with van der Waals surface area (Å²) in [4.78, 5) is 25.2. The maximum atomic E-state index is 12.2. The molecular weight excluding hydrogens is 308 g/mol. The lowest BCUT2D eigenvalue weighted by Crippen LogP contribution is -2.54. The first kappa shape index (κ1) is 17.0. The Morgan fingerprint density at radius 2 is 2.04 bits per heavy atom. The van der Waals surface area contributed by atoms with Gasteiger partial charge in [-0.05, 0) is 19.3 Å². The maximum absolute atomic E-state index is 12.2. The molecule has 7 nitrogen and oxygen atoms in total. The molecule has 3 rings (SSSR count). The topological polar surface area (TPSA) is 67.8 Å². The van der Waals surface area contributed by atoms with Crippen molar-refractivity contribution in [1.29, 1.82) is 0 Å². The second-order valence-corrected chi connectivity index (χ2v) is 6.72. The van der Waals surface area contributed by atoms with E-state index in [4.69, 9.17) is 9.47 Å². The van der Waals surface area contributed by atoms with E-state index in [0.717, 1.165) is 44.7 Å². The van der Waals surface area contributed by atoms with Crippen LogP contribution in [0.5, 0.6) is 5.88 Å². The predicted molar refractivity (Wildman–Crippen MR) is 90.2 cm³/mol. The number of methoxy groups -OCH3 is 2. The quantitative estimate of drug-likeness (QED) is 0.809.